The zero-order valence-corrected chi connectivity index (χ0v) is 11.3. The number of allylic oxidation sites excluding steroid dienone is 2. The largest absolute Gasteiger partial charge is 0.363 e. The van der Waals surface area contributed by atoms with Crippen molar-refractivity contribution >= 4 is 12.4 Å². The number of benzene rings is 1. The molecular weight excluding hydrogens is 239 g/mol. The Morgan fingerprint density at radius 3 is 2.84 bits per heavy atom. The van der Waals surface area contributed by atoms with Gasteiger partial charge in [0.1, 0.15) is 5.70 Å². The van der Waals surface area contributed by atoms with Gasteiger partial charge in [-0.05, 0) is 44.2 Å². The highest BCUT2D eigenvalue weighted by molar-refractivity contribution is 5.54. The predicted octanol–water partition coefficient (Wildman–Crippen LogP) is 3.13. The zero-order valence-electron chi connectivity index (χ0n) is 11.3. The fourth-order valence-electron chi connectivity index (χ4n) is 2.02. The van der Waals surface area contributed by atoms with Crippen molar-refractivity contribution in [3.05, 3.63) is 41.6 Å². The highest BCUT2D eigenvalue weighted by Gasteiger charge is 2.42. The van der Waals surface area contributed by atoms with E-state index in [1.165, 1.54) is 5.56 Å². The van der Waals surface area contributed by atoms with Crippen LogP contribution < -0.4 is 4.90 Å². The van der Waals surface area contributed by atoms with Crippen LogP contribution in [0.4, 0.5) is 10.1 Å². The first kappa shape index (κ1) is 13.4. The summed E-state index contributed by atoms with van der Waals surface area (Å²) in [5.41, 5.74) is 1.30. The van der Waals surface area contributed by atoms with Crippen LogP contribution in [-0.4, -0.2) is 25.5 Å². The Morgan fingerprint density at radius 1 is 1.53 bits per heavy atom. The molecule has 0 saturated carbocycles. The molecule has 1 aliphatic rings. The monoisotopic (exact) mass is 256 g/mol. The van der Waals surface area contributed by atoms with Gasteiger partial charge in [0.05, 0.1) is 13.1 Å². The zero-order chi connectivity index (χ0) is 13.9. The third-order valence-corrected chi connectivity index (χ3v) is 3.11. The molecular formula is C16H17FN2. The van der Waals surface area contributed by atoms with E-state index in [0.717, 1.165) is 5.69 Å². The summed E-state index contributed by atoms with van der Waals surface area (Å²) in [6, 6.07) is 8.05. The van der Waals surface area contributed by atoms with Crippen LogP contribution in [0.25, 0.3) is 0 Å². The van der Waals surface area contributed by atoms with E-state index in [-0.39, 0.29) is 0 Å². The molecule has 0 radical (unpaired) electrons. The third-order valence-electron chi connectivity index (χ3n) is 3.11. The first-order valence-electron chi connectivity index (χ1n) is 6.23. The van der Waals surface area contributed by atoms with Gasteiger partial charge in [-0.15, -0.1) is 0 Å². The maximum atomic E-state index is 14.3. The van der Waals surface area contributed by atoms with Crippen LogP contribution in [0.15, 0.2) is 41.0 Å². The van der Waals surface area contributed by atoms with Crippen LogP contribution in [0.5, 0.6) is 0 Å². The van der Waals surface area contributed by atoms with Crippen molar-refractivity contribution in [3.63, 3.8) is 0 Å². The van der Waals surface area contributed by atoms with Gasteiger partial charge in [-0.3, -0.25) is 4.99 Å². The molecule has 1 aliphatic heterocycles. The quantitative estimate of drug-likeness (QED) is 0.586. The molecule has 0 aromatic heterocycles. The maximum Gasteiger partial charge on any atom is 0.205 e. The number of hydrogen-bond donors (Lipinski definition) is 0. The van der Waals surface area contributed by atoms with Crippen LogP contribution in [0.2, 0.25) is 0 Å². The molecule has 0 spiro atoms. The normalized spacial score (nSPS) is 17.2. The smallest absolute Gasteiger partial charge is 0.205 e. The van der Waals surface area contributed by atoms with E-state index in [1.807, 2.05) is 36.9 Å². The van der Waals surface area contributed by atoms with E-state index in [0.29, 0.717) is 18.8 Å². The van der Waals surface area contributed by atoms with Crippen molar-refractivity contribution in [2.24, 2.45) is 4.99 Å². The molecule has 0 atom stereocenters. The standard InChI is InChI=1S/C16H17FN2/c1-4-14(18-3)8-9-16(17)11-19(12-16)15-7-5-6-13(2)10-15/h4-7,10H,3,11-12H2,1-2H3. The Balaban J connectivity index is 2.04. The molecule has 0 amide bonds. The summed E-state index contributed by atoms with van der Waals surface area (Å²) in [7, 11) is 0. The minimum atomic E-state index is -1.44. The van der Waals surface area contributed by atoms with Crippen molar-refractivity contribution in [1.29, 1.82) is 0 Å². The number of halogens is 1. The van der Waals surface area contributed by atoms with Crippen molar-refractivity contribution in [2.45, 2.75) is 19.5 Å². The SMILES string of the molecule is C=NC(C#CC1(F)CN(c2cccc(C)c2)C1)=CC. The number of aryl methyl sites for hydroxylation is 1. The summed E-state index contributed by atoms with van der Waals surface area (Å²) < 4.78 is 14.3. The summed E-state index contributed by atoms with van der Waals surface area (Å²) in [6.45, 7) is 7.84. The van der Waals surface area contributed by atoms with Crippen LogP contribution in [0, 0.1) is 18.8 Å². The molecule has 0 bridgehead atoms. The second-order valence-electron chi connectivity index (χ2n) is 4.74. The first-order chi connectivity index (χ1) is 9.06. The van der Waals surface area contributed by atoms with Crippen LogP contribution in [0.1, 0.15) is 12.5 Å². The second kappa shape index (κ2) is 5.27. The lowest BCUT2D eigenvalue weighted by Gasteiger charge is -2.43. The molecule has 2 rings (SSSR count). The molecule has 98 valence electrons. The second-order valence-corrected chi connectivity index (χ2v) is 4.74. The lowest BCUT2D eigenvalue weighted by atomic mass is 9.95. The van der Waals surface area contributed by atoms with Crippen molar-refractivity contribution in [2.75, 3.05) is 18.0 Å². The van der Waals surface area contributed by atoms with E-state index in [2.05, 4.69) is 29.6 Å². The first-order valence-corrected chi connectivity index (χ1v) is 6.23. The fraction of sp³-hybridized carbons (Fsp3) is 0.312. The number of aliphatic imine (C=N–C) groups is 1. The summed E-state index contributed by atoms with van der Waals surface area (Å²) in [4.78, 5) is 5.70. The number of alkyl halides is 1. The van der Waals surface area contributed by atoms with Gasteiger partial charge in [-0.1, -0.05) is 24.1 Å². The van der Waals surface area contributed by atoms with Crippen molar-refractivity contribution in [3.8, 4) is 11.8 Å². The lowest BCUT2D eigenvalue weighted by Crippen LogP contribution is -2.58. The molecule has 19 heavy (non-hydrogen) atoms. The van der Waals surface area contributed by atoms with E-state index in [1.54, 1.807) is 6.08 Å². The van der Waals surface area contributed by atoms with E-state index in [9.17, 15) is 4.39 Å². The summed E-state index contributed by atoms with van der Waals surface area (Å²) in [5, 5.41) is 0. The van der Waals surface area contributed by atoms with Crippen LogP contribution in [-0.2, 0) is 0 Å². The van der Waals surface area contributed by atoms with Gasteiger partial charge in [0.2, 0.25) is 5.67 Å². The average molecular weight is 256 g/mol. The van der Waals surface area contributed by atoms with Gasteiger partial charge in [-0.2, -0.15) is 0 Å². The topological polar surface area (TPSA) is 15.6 Å². The number of nitrogens with zero attached hydrogens (tertiary/aromatic N) is 2. The van der Waals surface area contributed by atoms with Gasteiger partial charge in [0.25, 0.3) is 0 Å². The lowest BCUT2D eigenvalue weighted by molar-refractivity contribution is 0.192. The molecule has 0 aliphatic carbocycles. The third kappa shape index (κ3) is 3.03. The van der Waals surface area contributed by atoms with Crippen LogP contribution >= 0.6 is 0 Å². The maximum absolute atomic E-state index is 14.3. The highest BCUT2D eigenvalue weighted by Crippen LogP contribution is 2.30. The highest BCUT2D eigenvalue weighted by atomic mass is 19.1. The number of hydrogen-bond acceptors (Lipinski definition) is 2. The molecule has 0 unspecified atom stereocenters. The Bertz CT molecular complexity index is 572. The molecule has 1 fully saturated rings. The molecule has 1 aromatic carbocycles. The molecule has 1 saturated heterocycles. The molecule has 2 nitrogen and oxygen atoms in total. The van der Waals surface area contributed by atoms with Gasteiger partial charge in [-0.25, -0.2) is 4.39 Å². The summed E-state index contributed by atoms with van der Waals surface area (Å²) >= 11 is 0. The van der Waals surface area contributed by atoms with E-state index in [4.69, 9.17) is 0 Å². The average Bonchev–Trinajstić information content (AvgIpc) is 2.37. The Morgan fingerprint density at radius 2 is 2.26 bits per heavy atom. The van der Waals surface area contributed by atoms with Gasteiger partial charge < -0.3 is 4.90 Å². The molecule has 1 heterocycles. The minimum absolute atomic E-state index is 0.303. The van der Waals surface area contributed by atoms with Gasteiger partial charge in [0.15, 0.2) is 0 Å². The van der Waals surface area contributed by atoms with Crippen LogP contribution in [0.3, 0.4) is 0 Å². The van der Waals surface area contributed by atoms with Gasteiger partial charge >= 0.3 is 0 Å². The number of rotatable bonds is 2. The summed E-state index contributed by atoms with van der Waals surface area (Å²) in [6.07, 6.45) is 1.72. The Labute approximate surface area is 113 Å². The van der Waals surface area contributed by atoms with E-state index >= 15 is 0 Å². The molecule has 1 aromatic rings. The fourth-order valence-corrected chi connectivity index (χ4v) is 2.02. The van der Waals surface area contributed by atoms with Gasteiger partial charge in [0, 0.05) is 5.69 Å². The van der Waals surface area contributed by atoms with Crippen molar-refractivity contribution < 1.29 is 4.39 Å². The predicted molar refractivity (Wildman–Crippen MR) is 78.3 cm³/mol. The van der Waals surface area contributed by atoms with E-state index < -0.39 is 5.67 Å². The number of anilines is 1. The summed E-state index contributed by atoms with van der Waals surface area (Å²) in [5.74, 6) is 5.38. The Kier molecular flexibility index (Phi) is 3.71. The molecule has 3 heteroatoms. The Hall–Kier alpha value is -2.08. The molecule has 0 N–H and O–H groups in total. The minimum Gasteiger partial charge on any atom is -0.363 e. The van der Waals surface area contributed by atoms with Crippen molar-refractivity contribution in [1.82, 2.24) is 0 Å².